The fourth-order valence-corrected chi connectivity index (χ4v) is 4.43. The molecule has 0 radical (unpaired) electrons. The lowest BCUT2D eigenvalue weighted by Crippen LogP contribution is -2.50. The van der Waals surface area contributed by atoms with Crippen LogP contribution >= 0.6 is 0 Å². The molecule has 3 heterocycles. The molecule has 7 nitrogen and oxygen atoms in total. The molecule has 4 rings (SSSR count). The van der Waals surface area contributed by atoms with Crippen molar-refractivity contribution in [1.82, 2.24) is 14.7 Å². The van der Waals surface area contributed by atoms with Crippen molar-refractivity contribution in [2.75, 3.05) is 57.8 Å². The number of nitrogens with zero attached hydrogens (tertiary/aromatic N) is 3. The zero-order valence-corrected chi connectivity index (χ0v) is 16.4. The molecule has 152 valence electrons. The van der Waals surface area contributed by atoms with Gasteiger partial charge >= 0.3 is 6.03 Å². The first kappa shape index (κ1) is 19.2. The Hall–Kier alpha value is -2.12. The number of carbonyl (C=O) groups is 2. The highest BCUT2D eigenvalue weighted by Crippen LogP contribution is 2.21. The van der Waals surface area contributed by atoms with E-state index in [2.05, 4.69) is 10.2 Å². The van der Waals surface area contributed by atoms with E-state index in [4.69, 9.17) is 4.74 Å². The lowest BCUT2D eigenvalue weighted by Gasteiger charge is -2.37. The molecule has 28 heavy (non-hydrogen) atoms. The maximum Gasteiger partial charge on any atom is 0.321 e. The fraction of sp³-hybridized carbons (Fsp3) is 0.619. The predicted octanol–water partition coefficient (Wildman–Crippen LogP) is 2.25. The van der Waals surface area contributed by atoms with Crippen LogP contribution in [0, 0.1) is 0 Å². The Morgan fingerprint density at radius 3 is 2.54 bits per heavy atom. The monoisotopic (exact) mass is 386 g/mol. The Morgan fingerprint density at radius 2 is 1.75 bits per heavy atom. The molecule has 1 aromatic rings. The van der Waals surface area contributed by atoms with E-state index >= 15 is 0 Å². The zero-order valence-electron chi connectivity index (χ0n) is 16.4. The van der Waals surface area contributed by atoms with Crippen molar-refractivity contribution in [3.05, 3.63) is 29.8 Å². The van der Waals surface area contributed by atoms with Crippen LogP contribution in [0.15, 0.2) is 24.3 Å². The van der Waals surface area contributed by atoms with Gasteiger partial charge in [-0.15, -0.1) is 0 Å². The summed E-state index contributed by atoms with van der Waals surface area (Å²) < 4.78 is 5.31. The highest BCUT2D eigenvalue weighted by molar-refractivity contribution is 5.97. The van der Waals surface area contributed by atoms with E-state index in [9.17, 15) is 9.59 Å². The number of morpholine rings is 1. The van der Waals surface area contributed by atoms with E-state index in [0.717, 1.165) is 32.6 Å². The Morgan fingerprint density at radius 1 is 0.964 bits per heavy atom. The summed E-state index contributed by atoms with van der Waals surface area (Å²) in [7, 11) is 0. The number of benzene rings is 1. The molecule has 0 aromatic heterocycles. The van der Waals surface area contributed by atoms with E-state index in [1.165, 1.54) is 19.3 Å². The second-order valence-corrected chi connectivity index (χ2v) is 7.90. The summed E-state index contributed by atoms with van der Waals surface area (Å²) in [6.45, 7) is 6.28. The van der Waals surface area contributed by atoms with E-state index in [1.807, 2.05) is 17.0 Å². The average molecular weight is 386 g/mol. The maximum absolute atomic E-state index is 12.8. The molecular weight excluding hydrogens is 356 g/mol. The molecule has 1 unspecified atom stereocenters. The third-order valence-corrected chi connectivity index (χ3v) is 6.00. The lowest BCUT2D eigenvalue weighted by molar-refractivity contribution is 0.0303. The Balaban J connectivity index is 1.36. The summed E-state index contributed by atoms with van der Waals surface area (Å²) in [5, 5.41) is 2.99. The second-order valence-electron chi connectivity index (χ2n) is 7.90. The Bertz CT molecular complexity index is 699. The molecule has 0 aliphatic carbocycles. The van der Waals surface area contributed by atoms with Crippen LogP contribution in [-0.2, 0) is 4.74 Å². The van der Waals surface area contributed by atoms with Gasteiger partial charge in [-0.3, -0.25) is 9.69 Å². The van der Waals surface area contributed by atoms with Gasteiger partial charge in [-0.1, -0.05) is 6.07 Å². The summed E-state index contributed by atoms with van der Waals surface area (Å²) in [5.74, 6) is -0.00790. The number of ether oxygens (including phenoxy) is 1. The summed E-state index contributed by atoms with van der Waals surface area (Å²) in [5.41, 5.74) is 1.28. The zero-order chi connectivity index (χ0) is 19.3. The largest absolute Gasteiger partial charge is 0.378 e. The number of amides is 3. The molecule has 0 saturated carbocycles. The minimum atomic E-state index is -0.0696. The van der Waals surface area contributed by atoms with Gasteiger partial charge in [0.1, 0.15) is 0 Å². The van der Waals surface area contributed by atoms with Crippen molar-refractivity contribution < 1.29 is 14.3 Å². The third kappa shape index (κ3) is 4.47. The molecule has 3 saturated heterocycles. The number of likely N-dealkylation sites (tertiary alicyclic amines) is 2. The van der Waals surface area contributed by atoms with Crippen LogP contribution in [0.5, 0.6) is 0 Å². The quantitative estimate of drug-likeness (QED) is 0.865. The molecule has 3 aliphatic rings. The van der Waals surface area contributed by atoms with Crippen LogP contribution < -0.4 is 5.32 Å². The van der Waals surface area contributed by atoms with Gasteiger partial charge in [-0.2, -0.15) is 0 Å². The summed E-state index contributed by atoms with van der Waals surface area (Å²) in [6, 6.07) is 7.66. The number of urea groups is 1. The highest BCUT2D eigenvalue weighted by atomic mass is 16.5. The van der Waals surface area contributed by atoms with Gasteiger partial charge in [0.15, 0.2) is 0 Å². The van der Waals surface area contributed by atoms with Crippen LogP contribution in [0.25, 0.3) is 0 Å². The first-order chi connectivity index (χ1) is 13.7. The molecule has 0 bridgehead atoms. The van der Waals surface area contributed by atoms with Gasteiger partial charge in [0.25, 0.3) is 5.91 Å². The van der Waals surface area contributed by atoms with Crippen LogP contribution in [0.2, 0.25) is 0 Å². The summed E-state index contributed by atoms with van der Waals surface area (Å²) >= 11 is 0. The fourth-order valence-electron chi connectivity index (χ4n) is 4.43. The standard InChI is InChI=1S/C21H30N4O3/c26-20(24-11-13-28-14-12-24)17-5-3-6-18(15-17)22-21(27)25-10-4-7-19(16-25)23-8-1-2-9-23/h3,5-6,15,19H,1-2,4,7-14,16H2,(H,22,27). The number of piperidine rings is 1. The van der Waals surface area contributed by atoms with E-state index < -0.39 is 0 Å². The van der Waals surface area contributed by atoms with Crippen LogP contribution in [0.4, 0.5) is 10.5 Å². The Labute approximate surface area is 166 Å². The lowest BCUT2D eigenvalue weighted by atomic mass is 10.0. The highest BCUT2D eigenvalue weighted by Gasteiger charge is 2.29. The minimum absolute atomic E-state index is 0.00790. The molecule has 1 atom stereocenters. The topological polar surface area (TPSA) is 65.1 Å². The summed E-state index contributed by atoms with van der Waals surface area (Å²) in [4.78, 5) is 31.7. The SMILES string of the molecule is O=C(Nc1cccc(C(=O)N2CCOCC2)c1)N1CCCC(N2CCCC2)C1. The predicted molar refractivity (Wildman–Crippen MR) is 108 cm³/mol. The maximum atomic E-state index is 12.8. The molecule has 7 heteroatoms. The third-order valence-electron chi connectivity index (χ3n) is 6.00. The van der Waals surface area contributed by atoms with Crippen molar-refractivity contribution in [2.45, 2.75) is 31.7 Å². The van der Waals surface area contributed by atoms with Crippen LogP contribution in [0.1, 0.15) is 36.0 Å². The first-order valence-corrected chi connectivity index (χ1v) is 10.5. The Kier molecular flexibility index (Phi) is 6.12. The van der Waals surface area contributed by atoms with Gasteiger partial charge in [0.05, 0.1) is 13.2 Å². The number of hydrogen-bond donors (Lipinski definition) is 1. The normalized spacial score (nSPS) is 23.6. The smallest absolute Gasteiger partial charge is 0.321 e. The minimum Gasteiger partial charge on any atom is -0.378 e. The van der Waals surface area contributed by atoms with Crippen molar-refractivity contribution in [3.8, 4) is 0 Å². The van der Waals surface area contributed by atoms with E-state index in [0.29, 0.717) is 43.6 Å². The number of rotatable bonds is 3. The first-order valence-electron chi connectivity index (χ1n) is 10.5. The number of hydrogen-bond acceptors (Lipinski definition) is 4. The molecule has 1 aromatic carbocycles. The molecule has 3 amide bonds. The number of nitrogens with one attached hydrogen (secondary N) is 1. The number of anilines is 1. The molecule has 0 spiro atoms. The van der Waals surface area contributed by atoms with Crippen LogP contribution in [-0.4, -0.2) is 85.2 Å². The molecule has 3 aliphatic heterocycles. The van der Waals surface area contributed by atoms with Crippen molar-refractivity contribution in [1.29, 1.82) is 0 Å². The van der Waals surface area contributed by atoms with Gasteiger partial charge in [-0.25, -0.2) is 4.79 Å². The van der Waals surface area contributed by atoms with Crippen molar-refractivity contribution in [2.24, 2.45) is 0 Å². The van der Waals surface area contributed by atoms with Gasteiger partial charge in [-0.05, 0) is 57.0 Å². The van der Waals surface area contributed by atoms with E-state index in [1.54, 1.807) is 17.0 Å². The molecule has 1 N–H and O–H groups in total. The van der Waals surface area contributed by atoms with Crippen LogP contribution in [0.3, 0.4) is 0 Å². The van der Waals surface area contributed by atoms with E-state index in [-0.39, 0.29) is 11.9 Å². The van der Waals surface area contributed by atoms with Crippen molar-refractivity contribution >= 4 is 17.6 Å². The van der Waals surface area contributed by atoms with Crippen molar-refractivity contribution in [3.63, 3.8) is 0 Å². The summed E-state index contributed by atoms with van der Waals surface area (Å²) in [6.07, 6.45) is 4.76. The molecule has 3 fully saturated rings. The second kappa shape index (κ2) is 8.92. The number of carbonyl (C=O) groups excluding carboxylic acids is 2. The molecular formula is C21H30N4O3. The average Bonchev–Trinajstić information content (AvgIpc) is 3.29. The van der Waals surface area contributed by atoms with Gasteiger partial charge in [0.2, 0.25) is 0 Å². The van der Waals surface area contributed by atoms with Gasteiger partial charge < -0.3 is 19.9 Å². The van der Waals surface area contributed by atoms with Gasteiger partial charge in [0, 0.05) is 43.5 Å².